The number of carbonyl (C=O) groups is 1. The van der Waals surface area contributed by atoms with E-state index in [-0.39, 0.29) is 17.4 Å². The summed E-state index contributed by atoms with van der Waals surface area (Å²) in [5.41, 5.74) is 0.867. The van der Waals surface area contributed by atoms with Crippen LogP contribution in [0.4, 0.5) is 4.39 Å². The first-order valence-corrected chi connectivity index (χ1v) is 7.39. The number of aromatic nitrogens is 3. The fraction of sp³-hybridized carbons (Fsp3) is 0.400. The molecule has 1 aliphatic rings. The molecule has 1 fully saturated rings. The van der Waals surface area contributed by atoms with Gasteiger partial charge in [-0.1, -0.05) is 0 Å². The van der Waals surface area contributed by atoms with Gasteiger partial charge in [-0.15, -0.1) is 5.10 Å². The summed E-state index contributed by atoms with van der Waals surface area (Å²) in [4.78, 5) is 13.3. The van der Waals surface area contributed by atoms with E-state index in [1.807, 2.05) is 0 Å². The van der Waals surface area contributed by atoms with Gasteiger partial charge < -0.3 is 10.6 Å². The molecule has 3 rings (SSSR count). The van der Waals surface area contributed by atoms with Gasteiger partial charge in [0.1, 0.15) is 5.82 Å². The van der Waals surface area contributed by atoms with Gasteiger partial charge in [0.25, 0.3) is 5.91 Å². The van der Waals surface area contributed by atoms with E-state index in [1.165, 1.54) is 23.1 Å². The van der Waals surface area contributed by atoms with Crippen LogP contribution in [0.15, 0.2) is 30.5 Å². The van der Waals surface area contributed by atoms with Gasteiger partial charge in [0.05, 0.1) is 11.9 Å². The van der Waals surface area contributed by atoms with E-state index in [2.05, 4.69) is 20.8 Å². The largest absolute Gasteiger partial charge is 0.351 e. The molecule has 1 amide bonds. The Morgan fingerprint density at radius 3 is 2.95 bits per heavy atom. The fourth-order valence-corrected chi connectivity index (χ4v) is 2.51. The maximum absolute atomic E-state index is 12.9. The first kappa shape index (κ1) is 14.6. The van der Waals surface area contributed by atoms with Crippen molar-refractivity contribution in [3.05, 3.63) is 42.0 Å². The third kappa shape index (κ3) is 3.48. The number of hydrogen-bond acceptors (Lipinski definition) is 4. The summed E-state index contributed by atoms with van der Waals surface area (Å²) in [6.07, 6.45) is 3.54. The number of nitrogens with one attached hydrogen (secondary N) is 2. The van der Waals surface area contributed by atoms with Gasteiger partial charge in [-0.2, -0.15) is 9.90 Å². The smallest absolute Gasteiger partial charge is 0.273 e. The molecule has 0 spiro atoms. The van der Waals surface area contributed by atoms with Crippen molar-refractivity contribution >= 4 is 5.91 Å². The van der Waals surface area contributed by atoms with Crippen LogP contribution < -0.4 is 10.6 Å². The van der Waals surface area contributed by atoms with Gasteiger partial charge >= 0.3 is 0 Å². The average molecular weight is 303 g/mol. The number of hydrogen-bond donors (Lipinski definition) is 2. The monoisotopic (exact) mass is 303 g/mol. The molecule has 2 N–H and O–H groups in total. The Balaban J connectivity index is 1.55. The lowest BCUT2D eigenvalue weighted by Gasteiger charge is -2.08. The Morgan fingerprint density at radius 2 is 2.23 bits per heavy atom. The normalized spacial score (nSPS) is 17.6. The first-order chi connectivity index (χ1) is 10.7. The molecule has 1 aliphatic heterocycles. The first-order valence-electron chi connectivity index (χ1n) is 7.39. The lowest BCUT2D eigenvalue weighted by molar-refractivity contribution is 0.0946. The molecular formula is C15H18FN5O. The minimum Gasteiger partial charge on any atom is -0.351 e. The van der Waals surface area contributed by atoms with Crippen LogP contribution in [0.3, 0.4) is 0 Å². The summed E-state index contributed by atoms with van der Waals surface area (Å²) in [6.45, 7) is 2.72. The molecule has 1 unspecified atom stereocenters. The molecule has 2 heterocycles. The maximum atomic E-state index is 12.9. The maximum Gasteiger partial charge on any atom is 0.273 e. The van der Waals surface area contributed by atoms with Crippen LogP contribution in [0.2, 0.25) is 0 Å². The minimum absolute atomic E-state index is 0.237. The fourth-order valence-electron chi connectivity index (χ4n) is 2.51. The summed E-state index contributed by atoms with van der Waals surface area (Å²) in [6, 6.07) is 5.77. The Hall–Kier alpha value is -2.28. The summed E-state index contributed by atoms with van der Waals surface area (Å²) in [5.74, 6) is 0.0739. The molecule has 1 atom stereocenters. The highest BCUT2D eigenvalue weighted by Crippen LogP contribution is 2.11. The molecule has 0 radical (unpaired) electrons. The summed E-state index contributed by atoms with van der Waals surface area (Å²) in [5, 5.41) is 14.3. The van der Waals surface area contributed by atoms with E-state index in [4.69, 9.17) is 0 Å². The molecule has 22 heavy (non-hydrogen) atoms. The molecule has 7 heteroatoms. The lowest BCUT2D eigenvalue weighted by atomic mass is 10.1. The Labute approximate surface area is 127 Å². The number of carbonyl (C=O) groups excluding carboxylic acids is 1. The molecule has 1 aromatic carbocycles. The van der Waals surface area contributed by atoms with Gasteiger partial charge in [-0.05, 0) is 56.1 Å². The lowest BCUT2D eigenvalue weighted by Crippen LogP contribution is -2.26. The van der Waals surface area contributed by atoms with E-state index in [9.17, 15) is 9.18 Å². The predicted octanol–water partition coefficient (Wildman–Crippen LogP) is 1.14. The third-order valence-electron chi connectivity index (χ3n) is 3.78. The van der Waals surface area contributed by atoms with E-state index < -0.39 is 0 Å². The van der Waals surface area contributed by atoms with Crippen LogP contribution in [-0.4, -0.2) is 40.5 Å². The Kier molecular flexibility index (Phi) is 4.43. The second-order valence-corrected chi connectivity index (χ2v) is 5.40. The number of benzene rings is 1. The molecule has 2 aromatic rings. The second-order valence-electron chi connectivity index (χ2n) is 5.40. The van der Waals surface area contributed by atoms with Crippen molar-refractivity contribution in [2.75, 3.05) is 19.6 Å². The van der Waals surface area contributed by atoms with E-state index in [1.54, 1.807) is 12.1 Å². The number of amides is 1. The summed E-state index contributed by atoms with van der Waals surface area (Å²) in [7, 11) is 0. The molecule has 116 valence electrons. The molecule has 0 aliphatic carbocycles. The van der Waals surface area contributed by atoms with Gasteiger partial charge in [-0.25, -0.2) is 4.39 Å². The van der Waals surface area contributed by atoms with Crippen molar-refractivity contribution in [1.82, 2.24) is 25.6 Å². The molecule has 0 saturated carbocycles. The van der Waals surface area contributed by atoms with Crippen LogP contribution in [0.1, 0.15) is 23.3 Å². The van der Waals surface area contributed by atoms with Crippen molar-refractivity contribution in [3.8, 4) is 5.69 Å². The van der Waals surface area contributed by atoms with E-state index in [0.29, 0.717) is 18.2 Å². The van der Waals surface area contributed by atoms with Crippen LogP contribution in [0.5, 0.6) is 0 Å². The van der Waals surface area contributed by atoms with Crippen LogP contribution >= 0.6 is 0 Å². The highest BCUT2D eigenvalue weighted by atomic mass is 19.1. The SMILES string of the molecule is O=C(NCCC1CCNC1)c1cnn(-c2ccc(F)cc2)n1. The quantitative estimate of drug-likeness (QED) is 0.869. The zero-order chi connectivity index (χ0) is 15.4. The van der Waals surface area contributed by atoms with Crippen molar-refractivity contribution in [2.24, 2.45) is 5.92 Å². The number of rotatable bonds is 5. The zero-order valence-electron chi connectivity index (χ0n) is 12.1. The predicted molar refractivity (Wildman–Crippen MR) is 79.2 cm³/mol. The number of halogens is 1. The van der Waals surface area contributed by atoms with Gasteiger partial charge in [0, 0.05) is 6.54 Å². The van der Waals surface area contributed by atoms with E-state index in [0.717, 1.165) is 25.9 Å². The van der Waals surface area contributed by atoms with E-state index >= 15 is 0 Å². The molecule has 0 bridgehead atoms. The van der Waals surface area contributed by atoms with Crippen LogP contribution in [0.25, 0.3) is 5.69 Å². The van der Waals surface area contributed by atoms with Gasteiger partial charge in [0.2, 0.25) is 0 Å². The van der Waals surface area contributed by atoms with Crippen molar-refractivity contribution in [1.29, 1.82) is 0 Å². The van der Waals surface area contributed by atoms with Crippen molar-refractivity contribution in [3.63, 3.8) is 0 Å². The summed E-state index contributed by atoms with van der Waals surface area (Å²) >= 11 is 0. The Bertz CT molecular complexity index is 634. The standard InChI is InChI=1S/C15H18FN5O/c16-12-1-3-13(4-2-12)21-19-10-14(20-21)15(22)18-8-6-11-5-7-17-9-11/h1-4,10-11,17H,5-9H2,(H,18,22). The second kappa shape index (κ2) is 6.65. The molecule has 6 nitrogen and oxygen atoms in total. The van der Waals surface area contributed by atoms with Gasteiger partial charge in [0.15, 0.2) is 5.69 Å². The minimum atomic E-state index is -0.324. The molecule has 1 aromatic heterocycles. The van der Waals surface area contributed by atoms with Gasteiger partial charge in [-0.3, -0.25) is 4.79 Å². The van der Waals surface area contributed by atoms with Crippen molar-refractivity contribution < 1.29 is 9.18 Å². The van der Waals surface area contributed by atoms with Crippen LogP contribution in [-0.2, 0) is 0 Å². The third-order valence-corrected chi connectivity index (χ3v) is 3.78. The highest BCUT2D eigenvalue weighted by molar-refractivity contribution is 5.91. The average Bonchev–Trinajstić information content (AvgIpc) is 3.19. The molecular weight excluding hydrogens is 285 g/mol. The van der Waals surface area contributed by atoms with Crippen LogP contribution in [0, 0.1) is 11.7 Å². The van der Waals surface area contributed by atoms with Crippen molar-refractivity contribution in [2.45, 2.75) is 12.8 Å². The molecule has 1 saturated heterocycles. The summed E-state index contributed by atoms with van der Waals surface area (Å²) < 4.78 is 12.9. The topological polar surface area (TPSA) is 71.8 Å². The number of nitrogens with zero attached hydrogens (tertiary/aromatic N) is 3. The Morgan fingerprint density at radius 1 is 1.41 bits per heavy atom. The zero-order valence-corrected chi connectivity index (χ0v) is 12.1. The highest BCUT2D eigenvalue weighted by Gasteiger charge is 2.15.